The highest BCUT2D eigenvalue weighted by atomic mass is 35.5. The molecule has 2 aliphatic heterocycles. The predicted molar refractivity (Wildman–Crippen MR) is 113 cm³/mol. The minimum atomic E-state index is -0.261. The summed E-state index contributed by atoms with van der Waals surface area (Å²) in [7, 11) is 0. The minimum Gasteiger partial charge on any atom is -0.489 e. The van der Waals surface area contributed by atoms with Gasteiger partial charge in [-0.1, -0.05) is 6.92 Å². The molecule has 1 aromatic rings. The van der Waals surface area contributed by atoms with Crippen molar-refractivity contribution in [3.63, 3.8) is 0 Å². The molecule has 0 bridgehead atoms. The first kappa shape index (κ1) is 23.4. The molecule has 162 valence electrons. The second-order valence-electron chi connectivity index (χ2n) is 7.95. The number of rotatable bonds is 7. The lowest BCUT2D eigenvalue weighted by Crippen LogP contribution is -2.47. The molecule has 6 nitrogen and oxygen atoms in total. The lowest BCUT2D eigenvalue weighted by Gasteiger charge is -2.37. The van der Waals surface area contributed by atoms with E-state index in [1.165, 1.54) is 11.0 Å². The molecule has 8 heteroatoms. The molecule has 0 aliphatic carbocycles. The highest BCUT2D eigenvalue weighted by molar-refractivity contribution is 6.03. The number of benzene rings is 1. The Morgan fingerprint density at radius 3 is 2.41 bits per heavy atom. The molecule has 3 rings (SSSR count). The maximum Gasteiger partial charge on any atom is 0.232 e. The SMILES string of the molecule is CC(C)Oc1ccc(F)cc1N1CCN(CCCN2C(=O)CC(C)C2=O)CC1.Cl. The normalized spacial score (nSPS) is 20.4. The number of nitrogens with zero attached hydrogens (tertiary/aromatic N) is 3. The highest BCUT2D eigenvalue weighted by Crippen LogP contribution is 2.31. The van der Waals surface area contributed by atoms with Gasteiger partial charge in [-0.3, -0.25) is 19.4 Å². The van der Waals surface area contributed by atoms with Gasteiger partial charge in [-0.15, -0.1) is 12.4 Å². The molecule has 2 amide bonds. The van der Waals surface area contributed by atoms with Crippen LogP contribution < -0.4 is 9.64 Å². The molecule has 2 heterocycles. The Morgan fingerprint density at radius 1 is 1.14 bits per heavy atom. The van der Waals surface area contributed by atoms with Gasteiger partial charge < -0.3 is 9.64 Å². The van der Waals surface area contributed by atoms with E-state index in [9.17, 15) is 14.0 Å². The molecule has 1 aromatic carbocycles. The third kappa shape index (κ3) is 5.82. The van der Waals surface area contributed by atoms with Gasteiger partial charge in [0.1, 0.15) is 11.6 Å². The summed E-state index contributed by atoms with van der Waals surface area (Å²) in [6, 6.07) is 4.67. The zero-order chi connectivity index (χ0) is 20.3. The smallest absolute Gasteiger partial charge is 0.232 e. The Labute approximate surface area is 178 Å². The molecule has 1 atom stereocenters. The first-order valence-electron chi connectivity index (χ1n) is 10.1. The van der Waals surface area contributed by atoms with Gasteiger partial charge in [-0.05, 0) is 38.9 Å². The number of hydrogen-bond acceptors (Lipinski definition) is 5. The van der Waals surface area contributed by atoms with E-state index in [4.69, 9.17) is 4.74 Å². The van der Waals surface area contributed by atoms with Crippen LogP contribution in [0.15, 0.2) is 18.2 Å². The number of carbonyl (C=O) groups is 2. The maximum atomic E-state index is 13.8. The number of likely N-dealkylation sites (tertiary alicyclic amines) is 1. The topological polar surface area (TPSA) is 53.1 Å². The van der Waals surface area contributed by atoms with Crippen molar-refractivity contribution in [2.24, 2.45) is 5.92 Å². The van der Waals surface area contributed by atoms with Crippen LogP contribution in [0.4, 0.5) is 10.1 Å². The van der Waals surface area contributed by atoms with Crippen molar-refractivity contribution in [1.82, 2.24) is 9.80 Å². The molecule has 2 fully saturated rings. The van der Waals surface area contributed by atoms with Gasteiger partial charge in [0, 0.05) is 51.1 Å². The van der Waals surface area contributed by atoms with Crippen molar-refractivity contribution in [1.29, 1.82) is 0 Å². The zero-order valence-corrected chi connectivity index (χ0v) is 18.2. The molecule has 0 aromatic heterocycles. The second kappa shape index (κ2) is 10.3. The van der Waals surface area contributed by atoms with Crippen molar-refractivity contribution < 1.29 is 18.7 Å². The summed E-state index contributed by atoms with van der Waals surface area (Å²) in [6.07, 6.45) is 1.15. The monoisotopic (exact) mass is 427 g/mol. The molecule has 0 N–H and O–H groups in total. The van der Waals surface area contributed by atoms with Gasteiger partial charge in [0.15, 0.2) is 0 Å². The van der Waals surface area contributed by atoms with Gasteiger partial charge in [-0.25, -0.2) is 4.39 Å². The summed E-state index contributed by atoms with van der Waals surface area (Å²) in [5.41, 5.74) is 0.801. The Morgan fingerprint density at radius 2 is 1.83 bits per heavy atom. The van der Waals surface area contributed by atoms with Crippen LogP contribution in [-0.2, 0) is 9.59 Å². The molecule has 2 aliphatic rings. The van der Waals surface area contributed by atoms with Crippen molar-refractivity contribution >= 4 is 29.9 Å². The Hall–Kier alpha value is -1.86. The predicted octanol–water partition coefficient (Wildman–Crippen LogP) is 2.94. The van der Waals surface area contributed by atoms with Gasteiger partial charge in [0.25, 0.3) is 0 Å². The van der Waals surface area contributed by atoms with E-state index in [1.807, 2.05) is 20.8 Å². The van der Waals surface area contributed by atoms with Crippen LogP contribution in [0.3, 0.4) is 0 Å². The third-order valence-corrected chi connectivity index (χ3v) is 5.32. The number of imide groups is 1. The van der Waals surface area contributed by atoms with Crippen LogP contribution in [-0.4, -0.2) is 67.0 Å². The Kier molecular flexibility index (Phi) is 8.28. The first-order chi connectivity index (χ1) is 13.3. The second-order valence-corrected chi connectivity index (χ2v) is 7.95. The summed E-state index contributed by atoms with van der Waals surface area (Å²) in [5.74, 6) is 0.182. The number of hydrogen-bond donors (Lipinski definition) is 0. The Balaban J connectivity index is 0.00000300. The number of piperazine rings is 1. The summed E-state index contributed by atoms with van der Waals surface area (Å²) in [5, 5.41) is 0. The minimum absolute atomic E-state index is 0. The van der Waals surface area contributed by atoms with E-state index >= 15 is 0 Å². The summed E-state index contributed by atoms with van der Waals surface area (Å²) in [6.45, 7) is 10.4. The van der Waals surface area contributed by atoms with Crippen molar-refractivity contribution in [3.05, 3.63) is 24.0 Å². The average Bonchev–Trinajstić information content (AvgIpc) is 2.89. The molecule has 0 radical (unpaired) electrons. The molecule has 0 spiro atoms. The lowest BCUT2D eigenvalue weighted by molar-refractivity contribution is -0.139. The molecule has 2 saturated heterocycles. The first-order valence-corrected chi connectivity index (χ1v) is 10.1. The highest BCUT2D eigenvalue weighted by Gasteiger charge is 2.35. The van der Waals surface area contributed by atoms with Crippen LogP contribution in [0.2, 0.25) is 0 Å². The van der Waals surface area contributed by atoms with Crippen LogP contribution in [0.1, 0.15) is 33.6 Å². The van der Waals surface area contributed by atoms with Gasteiger partial charge >= 0.3 is 0 Å². The lowest BCUT2D eigenvalue weighted by atomic mass is 10.1. The van der Waals surface area contributed by atoms with E-state index in [2.05, 4.69) is 9.80 Å². The molecule has 1 unspecified atom stereocenters. The van der Waals surface area contributed by atoms with Crippen molar-refractivity contribution in [2.75, 3.05) is 44.2 Å². The van der Waals surface area contributed by atoms with Gasteiger partial charge in [-0.2, -0.15) is 0 Å². The quantitative estimate of drug-likeness (QED) is 0.626. The van der Waals surface area contributed by atoms with Crippen LogP contribution in [0, 0.1) is 11.7 Å². The largest absolute Gasteiger partial charge is 0.489 e. The van der Waals surface area contributed by atoms with Crippen molar-refractivity contribution in [3.8, 4) is 5.75 Å². The number of anilines is 1. The summed E-state index contributed by atoms with van der Waals surface area (Å²) >= 11 is 0. The van der Waals surface area contributed by atoms with Gasteiger partial charge in [0.05, 0.1) is 11.8 Å². The molecular formula is C21H31ClFN3O3. The van der Waals surface area contributed by atoms with Crippen LogP contribution in [0.25, 0.3) is 0 Å². The van der Waals surface area contributed by atoms with E-state index in [0.717, 1.165) is 44.8 Å². The molecule has 0 saturated carbocycles. The maximum absolute atomic E-state index is 13.8. The van der Waals surface area contributed by atoms with E-state index in [0.29, 0.717) is 18.7 Å². The number of carbonyl (C=O) groups excluding carboxylic acids is 2. The van der Waals surface area contributed by atoms with E-state index < -0.39 is 0 Å². The van der Waals surface area contributed by atoms with E-state index in [1.54, 1.807) is 12.1 Å². The molecular weight excluding hydrogens is 397 g/mol. The fourth-order valence-corrected chi connectivity index (χ4v) is 3.84. The standard InChI is InChI=1S/C21H30FN3O3.ClH/c1-15(2)28-19-6-5-17(22)14-18(19)24-11-9-23(10-12-24)7-4-8-25-20(26)13-16(3)21(25)27;/h5-6,14-16H,4,7-13H2,1-3H3;1H. The van der Waals surface area contributed by atoms with E-state index in [-0.39, 0.29) is 42.1 Å². The zero-order valence-electron chi connectivity index (χ0n) is 17.4. The number of halogens is 2. The number of ether oxygens (including phenoxy) is 1. The number of amides is 2. The summed E-state index contributed by atoms with van der Waals surface area (Å²) in [4.78, 5) is 29.7. The summed E-state index contributed by atoms with van der Waals surface area (Å²) < 4.78 is 19.6. The average molecular weight is 428 g/mol. The molecule has 29 heavy (non-hydrogen) atoms. The third-order valence-electron chi connectivity index (χ3n) is 5.32. The van der Waals surface area contributed by atoms with Gasteiger partial charge in [0.2, 0.25) is 11.8 Å². The Bertz CT molecular complexity index is 723. The van der Waals surface area contributed by atoms with Crippen LogP contribution >= 0.6 is 12.4 Å². The fourth-order valence-electron chi connectivity index (χ4n) is 3.84. The fraction of sp³-hybridized carbons (Fsp3) is 0.619. The van der Waals surface area contributed by atoms with Crippen molar-refractivity contribution in [2.45, 2.75) is 39.7 Å². The van der Waals surface area contributed by atoms with Crippen LogP contribution in [0.5, 0.6) is 5.75 Å².